The summed E-state index contributed by atoms with van der Waals surface area (Å²) in [5.41, 5.74) is 1.09. The first-order chi connectivity index (χ1) is 8.92. The van der Waals surface area contributed by atoms with Crippen molar-refractivity contribution < 1.29 is 13.2 Å². The van der Waals surface area contributed by atoms with Gasteiger partial charge in [-0.05, 0) is 24.8 Å². The van der Waals surface area contributed by atoms with Crippen molar-refractivity contribution in [2.45, 2.75) is 32.8 Å². The quantitative estimate of drug-likeness (QED) is 0.687. The van der Waals surface area contributed by atoms with Crippen molar-refractivity contribution in [2.24, 2.45) is 5.92 Å². The van der Waals surface area contributed by atoms with Crippen molar-refractivity contribution in [2.75, 3.05) is 12.4 Å². The Balaban J connectivity index is 2.52. The van der Waals surface area contributed by atoms with E-state index < -0.39 is 9.05 Å². The highest BCUT2D eigenvalue weighted by Gasteiger charge is 2.18. The fraction of sp³-hybridized carbons (Fsp3) is 0.571. The molecule has 0 radical (unpaired) electrons. The topological polar surface area (TPSA) is 43.4 Å². The van der Waals surface area contributed by atoms with E-state index in [0.717, 1.165) is 18.4 Å². The van der Waals surface area contributed by atoms with Gasteiger partial charge >= 0.3 is 0 Å². The molecule has 3 nitrogen and oxygen atoms in total. The third-order valence-corrected chi connectivity index (χ3v) is 4.23. The van der Waals surface area contributed by atoms with Gasteiger partial charge in [-0.15, -0.1) is 0 Å². The Hall–Kier alpha value is -0.580. The van der Waals surface area contributed by atoms with E-state index in [2.05, 4.69) is 0 Å². The number of rotatable bonds is 8. The standard InChI is InChI=1S/C14H21ClO3S/c1-3-7-13(11-19(15,16)17)10-18-12(2)14-8-5-4-6-9-14/h4-6,8-9,12-13H,3,7,10-11H2,1-2H3. The predicted octanol–water partition coefficient (Wildman–Crippen LogP) is 3.75. The molecule has 108 valence electrons. The summed E-state index contributed by atoms with van der Waals surface area (Å²) in [6.45, 7) is 4.40. The largest absolute Gasteiger partial charge is 0.373 e. The van der Waals surface area contributed by atoms with Gasteiger partial charge in [-0.2, -0.15) is 0 Å². The van der Waals surface area contributed by atoms with Gasteiger partial charge in [0.15, 0.2) is 0 Å². The fourth-order valence-electron chi connectivity index (χ4n) is 2.01. The number of hydrogen-bond donors (Lipinski definition) is 0. The molecule has 0 aromatic heterocycles. The highest BCUT2D eigenvalue weighted by molar-refractivity contribution is 8.13. The van der Waals surface area contributed by atoms with Gasteiger partial charge in [-0.1, -0.05) is 43.7 Å². The zero-order chi connectivity index (χ0) is 14.3. The molecule has 0 spiro atoms. The van der Waals surface area contributed by atoms with Crippen molar-refractivity contribution in [3.63, 3.8) is 0 Å². The van der Waals surface area contributed by atoms with E-state index in [-0.39, 0.29) is 17.8 Å². The van der Waals surface area contributed by atoms with E-state index in [0.29, 0.717) is 6.61 Å². The molecular formula is C14H21ClO3S. The normalized spacial score (nSPS) is 15.1. The van der Waals surface area contributed by atoms with Crippen LogP contribution in [0.2, 0.25) is 0 Å². The lowest BCUT2D eigenvalue weighted by atomic mass is 10.1. The first-order valence-electron chi connectivity index (χ1n) is 6.51. The molecule has 2 unspecified atom stereocenters. The summed E-state index contributed by atoms with van der Waals surface area (Å²) in [6.07, 6.45) is 1.67. The Morgan fingerprint density at radius 3 is 2.42 bits per heavy atom. The molecular weight excluding hydrogens is 284 g/mol. The van der Waals surface area contributed by atoms with Crippen LogP contribution >= 0.6 is 10.7 Å². The Morgan fingerprint density at radius 1 is 1.26 bits per heavy atom. The van der Waals surface area contributed by atoms with E-state index >= 15 is 0 Å². The van der Waals surface area contributed by atoms with Gasteiger partial charge in [0.1, 0.15) is 0 Å². The van der Waals surface area contributed by atoms with Crippen LogP contribution in [0.4, 0.5) is 0 Å². The Labute approximate surface area is 120 Å². The van der Waals surface area contributed by atoms with Crippen LogP contribution in [-0.2, 0) is 13.8 Å². The highest BCUT2D eigenvalue weighted by atomic mass is 35.7. The molecule has 0 N–H and O–H groups in total. The molecule has 1 rings (SSSR count). The Bertz CT molecular complexity index is 459. The molecule has 0 aliphatic heterocycles. The average Bonchev–Trinajstić information content (AvgIpc) is 2.35. The molecule has 19 heavy (non-hydrogen) atoms. The maximum Gasteiger partial charge on any atom is 0.232 e. The first kappa shape index (κ1) is 16.5. The van der Waals surface area contributed by atoms with Gasteiger partial charge in [-0.3, -0.25) is 0 Å². The lowest BCUT2D eigenvalue weighted by molar-refractivity contribution is 0.0420. The van der Waals surface area contributed by atoms with Crippen molar-refractivity contribution in [1.82, 2.24) is 0 Å². The molecule has 2 atom stereocenters. The summed E-state index contributed by atoms with van der Waals surface area (Å²) in [4.78, 5) is 0. The van der Waals surface area contributed by atoms with E-state index in [9.17, 15) is 8.42 Å². The van der Waals surface area contributed by atoms with Crippen LogP contribution in [0.25, 0.3) is 0 Å². The molecule has 0 heterocycles. The lowest BCUT2D eigenvalue weighted by Gasteiger charge is -2.19. The van der Waals surface area contributed by atoms with Crippen molar-refractivity contribution in [1.29, 1.82) is 0 Å². The van der Waals surface area contributed by atoms with Crippen LogP contribution in [0, 0.1) is 5.92 Å². The van der Waals surface area contributed by atoms with E-state index in [1.165, 1.54) is 0 Å². The molecule has 0 aliphatic carbocycles. The van der Waals surface area contributed by atoms with Crippen molar-refractivity contribution in [3.8, 4) is 0 Å². The van der Waals surface area contributed by atoms with Gasteiger partial charge in [0.2, 0.25) is 9.05 Å². The minimum atomic E-state index is -3.47. The highest BCUT2D eigenvalue weighted by Crippen LogP contribution is 2.20. The predicted molar refractivity (Wildman–Crippen MR) is 78.8 cm³/mol. The summed E-state index contributed by atoms with van der Waals surface area (Å²) >= 11 is 0. The summed E-state index contributed by atoms with van der Waals surface area (Å²) in [7, 11) is 1.85. The second kappa shape index (κ2) is 7.88. The third kappa shape index (κ3) is 6.95. The molecule has 1 aromatic carbocycles. The summed E-state index contributed by atoms with van der Waals surface area (Å²) in [5.74, 6) is -0.0668. The molecule has 0 aliphatic rings. The van der Waals surface area contributed by atoms with Crippen LogP contribution < -0.4 is 0 Å². The van der Waals surface area contributed by atoms with Crippen LogP contribution in [0.15, 0.2) is 30.3 Å². The molecule has 0 bridgehead atoms. The summed E-state index contributed by atoms with van der Waals surface area (Å²) < 4.78 is 28.0. The van der Waals surface area contributed by atoms with Gasteiger partial charge < -0.3 is 4.74 Å². The smallest absolute Gasteiger partial charge is 0.232 e. The number of hydrogen-bond acceptors (Lipinski definition) is 3. The monoisotopic (exact) mass is 304 g/mol. The van der Waals surface area contributed by atoms with E-state index in [1.54, 1.807) is 0 Å². The van der Waals surface area contributed by atoms with Crippen molar-refractivity contribution >= 4 is 19.7 Å². The van der Waals surface area contributed by atoms with Crippen LogP contribution in [0.5, 0.6) is 0 Å². The van der Waals surface area contributed by atoms with E-state index in [1.807, 2.05) is 44.2 Å². The fourth-order valence-corrected chi connectivity index (χ4v) is 3.37. The second-order valence-electron chi connectivity index (χ2n) is 4.75. The maximum atomic E-state index is 11.1. The van der Waals surface area contributed by atoms with Gasteiger partial charge in [-0.25, -0.2) is 8.42 Å². The summed E-state index contributed by atoms with van der Waals surface area (Å²) in [6, 6.07) is 9.87. The number of halogens is 1. The Kier molecular flexibility index (Phi) is 6.83. The zero-order valence-electron chi connectivity index (χ0n) is 11.4. The minimum absolute atomic E-state index is 0.0239. The van der Waals surface area contributed by atoms with Crippen LogP contribution in [0.1, 0.15) is 38.4 Å². The van der Waals surface area contributed by atoms with Gasteiger partial charge in [0.25, 0.3) is 0 Å². The van der Waals surface area contributed by atoms with E-state index in [4.69, 9.17) is 15.4 Å². The molecule has 0 amide bonds. The lowest BCUT2D eigenvalue weighted by Crippen LogP contribution is -2.19. The molecule has 5 heteroatoms. The molecule has 1 aromatic rings. The third-order valence-electron chi connectivity index (χ3n) is 2.98. The average molecular weight is 305 g/mol. The Morgan fingerprint density at radius 2 is 1.89 bits per heavy atom. The number of benzene rings is 1. The SMILES string of the molecule is CCCC(COC(C)c1ccccc1)CS(=O)(=O)Cl. The maximum absolute atomic E-state index is 11.1. The summed E-state index contributed by atoms with van der Waals surface area (Å²) in [5, 5.41) is 0. The van der Waals surface area contributed by atoms with Crippen LogP contribution in [0.3, 0.4) is 0 Å². The van der Waals surface area contributed by atoms with Gasteiger partial charge in [0.05, 0.1) is 18.5 Å². The molecule has 0 saturated carbocycles. The zero-order valence-corrected chi connectivity index (χ0v) is 13.0. The first-order valence-corrected chi connectivity index (χ1v) is 8.99. The second-order valence-corrected chi connectivity index (χ2v) is 7.57. The molecule has 0 saturated heterocycles. The number of ether oxygens (including phenoxy) is 1. The van der Waals surface area contributed by atoms with Crippen molar-refractivity contribution in [3.05, 3.63) is 35.9 Å². The minimum Gasteiger partial charge on any atom is -0.373 e. The molecule has 0 fully saturated rings. The van der Waals surface area contributed by atoms with Crippen LogP contribution in [-0.4, -0.2) is 20.8 Å². The van der Waals surface area contributed by atoms with Gasteiger partial charge in [0, 0.05) is 10.7 Å².